The molecule has 24 heavy (non-hydrogen) atoms. The van der Waals surface area contributed by atoms with E-state index in [0.29, 0.717) is 19.4 Å². The van der Waals surface area contributed by atoms with Crippen molar-refractivity contribution in [2.45, 2.75) is 38.0 Å². The Balaban J connectivity index is 0.00000288. The fraction of sp³-hybridized carbons (Fsp3) is 0.438. The van der Waals surface area contributed by atoms with Crippen LogP contribution in [0, 0.1) is 0 Å². The van der Waals surface area contributed by atoms with Crippen LogP contribution in [0.2, 0.25) is 0 Å². The van der Waals surface area contributed by atoms with Gasteiger partial charge in [-0.1, -0.05) is 30.3 Å². The van der Waals surface area contributed by atoms with E-state index in [1.165, 1.54) is 4.90 Å². The van der Waals surface area contributed by atoms with Crippen LogP contribution >= 0.6 is 0 Å². The number of aliphatic carboxylic acids is 1. The number of ether oxygens (including phenoxy) is 1. The zero-order valence-corrected chi connectivity index (χ0v) is 15.5. The van der Waals surface area contributed by atoms with E-state index in [4.69, 9.17) is 4.74 Å². The monoisotopic (exact) mass is 343 g/mol. The van der Waals surface area contributed by atoms with Gasteiger partial charge in [-0.3, -0.25) is 4.79 Å². The summed E-state index contributed by atoms with van der Waals surface area (Å²) in [6.45, 7) is 0.506. The summed E-state index contributed by atoms with van der Waals surface area (Å²) in [5.41, 5.74) is 0.837. The van der Waals surface area contributed by atoms with Crippen molar-refractivity contribution in [3.63, 3.8) is 0 Å². The first-order valence-electron chi connectivity index (χ1n) is 7.38. The molecule has 1 saturated heterocycles. The average molecular weight is 343 g/mol. The number of carbonyl (C=O) groups is 3. The van der Waals surface area contributed by atoms with Gasteiger partial charge in [0.15, 0.2) is 5.78 Å². The van der Waals surface area contributed by atoms with Crippen molar-refractivity contribution in [3.05, 3.63) is 35.9 Å². The number of Topliss-reactive ketones (excluding diaryl/α,β-unsaturated/α-hetero) is 1. The van der Waals surface area contributed by atoms with Crippen LogP contribution in [0.4, 0.5) is 4.79 Å². The molecule has 1 heterocycles. The molecule has 1 N–H and O–H groups in total. The van der Waals surface area contributed by atoms with Gasteiger partial charge in [-0.05, 0) is 18.4 Å². The van der Waals surface area contributed by atoms with Gasteiger partial charge in [-0.2, -0.15) is 0 Å². The Hall–Kier alpha value is -1.41. The molecule has 7 nitrogen and oxygen atoms in total. The first-order chi connectivity index (χ1) is 11.0. The van der Waals surface area contributed by atoms with Crippen LogP contribution in [0.5, 0.6) is 0 Å². The van der Waals surface area contributed by atoms with E-state index in [1.807, 2.05) is 30.3 Å². The van der Waals surface area contributed by atoms with Gasteiger partial charge in [0.25, 0.3) is 0 Å². The van der Waals surface area contributed by atoms with Gasteiger partial charge in [0.1, 0.15) is 12.6 Å². The number of aliphatic hydroxyl groups excluding tert-OH is 1. The Morgan fingerprint density at radius 2 is 1.96 bits per heavy atom. The second kappa shape index (κ2) is 9.78. The summed E-state index contributed by atoms with van der Waals surface area (Å²) in [4.78, 5) is 35.1. The summed E-state index contributed by atoms with van der Waals surface area (Å²) in [5, 5.41) is 20.5. The fourth-order valence-corrected chi connectivity index (χ4v) is 2.63. The summed E-state index contributed by atoms with van der Waals surface area (Å²) < 4.78 is 5.21. The van der Waals surface area contributed by atoms with Crippen LogP contribution in [0.1, 0.15) is 24.8 Å². The molecule has 2 rings (SSSR count). The smallest absolute Gasteiger partial charge is 0.542 e. The number of carbonyl (C=O) groups excluding carboxylic acids is 3. The van der Waals surface area contributed by atoms with Crippen LogP contribution in [-0.2, 0) is 20.9 Å². The molecule has 1 fully saturated rings. The van der Waals surface area contributed by atoms with E-state index in [1.54, 1.807) is 0 Å². The molecule has 0 unspecified atom stereocenters. The number of amides is 1. The normalized spacial score (nSPS) is 17.7. The van der Waals surface area contributed by atoms with Crippen LogP contribution in [0.15, 0.2) is 30.3 Å². The third kappa shape index (κ3) is 5.59. The minimum absolute atomic E-state index is 0. The first-order valence-corrected chi connectivity index (χ1v) is 7.38. The molecule has 1 aromatic carbocycles. The molecule has 0 aliphatic carbocycles. The fourth-order valence-electron chi connectivity index (χ4n) is 2.63. The average Bonchev–Trinajstić information content (AvgIpc) is 3.03. The van der Waals surface area contributed by atoms with Gasteiger partial charge in [-0.15, -0.1) is 0 Å². The topological polar surface area (TPSA) is 107 Å². The SMILES string of the molecule is O=C([O-])C(=O)C[C@@H](O)[C@H]1CCCN1C(=O)OCc1ccccc1.[Na+]. The van der Waals surface area contributed by atoms with E-state index in [-0.39, 0.29) is 36.2 Å². The molecule has 0 bridgehead atoms. The predicted octanol–water partition coefficient (Wildman–Crippen LogP) is -3.14. The Morgan fingerprint density at radius 1 is 1.29 bits per heavy atom. The van der Waals surface area contributed by atoms with Gasteiger partial charge in [0, 0.05) is 13.0 Å². The van der Waals surface area contributed by atoms with Crippen molar-refractivity contribution in [1.29, 1.82) is 0 Å². The molecule has 2 atom stereocenters. The molecular weight excluding hydrogens is 325 g/mol. The van der Waals surface area contributed by atoms with Crippen LogP contribution in [-0.4, -0.2) is 46.5 Å². The summed E-state index contributed by atoms with van der Waals surface area (Å²) in [6, 6.07) is 8.53. The van der Waals surface area contributed by atoms with E-state index in [2.05, 4.69) is 0 Å². The Labute approximate surface area is 161 Å². The van der Waals surface area contributed by atoms with Crippen molar-refractivity contribution >= 4 is 17.8 Å². The third-order valence-electron chi connectivity index (χ3n) is 3.81. The maximum atomic E-state index is 12.1. The number of carboxylic acid groups (broad SMARTS) is 1. The second-order valence-corrected chi connectivity index (χ2v) is 5.43. The second-order valence-electron chi connectivity index (χ2n) is 5.43. The summed E-state index contributed by atoms with van der Waals surface area (Å²) >= 11 is 0. The molecule has 124 valence electrons. The quantitative estimate of drug-likeness (QED) is 0.432. The summed E-state index contributed by atoms with van der Waals surface area (Å²) in [6.07, 6.45) is -1.26. The summed E-state index contributed by atoms with van der Waals surface area (Å²) in [5.74, 6) is -3.01. The molecular formula is C16H18NNaO6. The largest absolute Gasteiger partial charge is 1.00 e. The molecule has 1 aliphatic heterocycles. The number of carboxylic acids is 1. The molecule has 8 heteroatoms. The molecule has 1 amide bonds. The van der Waals surface area contributed by atoms with Crippen molar-refractivity contribution in [3.8, 4) is 0 Å². The van der Waals surface area contributed by atoms with E-state index in [0.717, 1.165) is 5.56 Å². The van der Waals surface area contributed by atoms with Crippen molar-refractivity contribution in [1.82, 2.24) is 4.90 Å². The number of likely N-dealkylation sites (tertiary alicyclic amines) is 1. The third-order valence-corrected chi connectivity index (χ3v) is 3.81. The van der Waals surface area contributed by atoms with E-state index in [9.17, 15) is 24.6 Å². The number of aliphatic hydroxyl groups is 1. The van der Waals surface area contributed by atoms with Crippen molar-refractivity contribution in [2.24, 2.45) is 0 Å². The zero-order valence-electron chi connectivity index (χ0n) is 13.5. The number of ketones is 1. The number of hydrogen-bond donors (Lipinski definition) is 1. The van der Waals surface area contributed by atoms with Crippen LogP contribution in [0.25, 0.3) is 0 Å². The molecule has 0 spiro atoms. The van der Waals surface area contributed by atoms with Gasteiger partial charge in [0.05, 0.1) is 12.1 Å². The minimum Gasteiger partial charge on any atom is -0.542 e. The van der Waals surface area contributed by atoms with Crippen LogP contribution < -0.4 is 34.7 Å². The van der Waals surface area contributed by atoms with Crippen molar-refractivity contribution < 1.29 is 58.9 Å². The Kier molecular flexibility index (Phi) is 8.41. The van der Waals surface area contributed by atoms with Gasteiger partial charge in [0.2, 0.25) is 0 Å². The standard InChI is InChI=1S/C16H19NO6.Na/c18-13(9-14(19)15(20)21)12-7-4-8-17(12)16(22)23-10-11-5-2-1-3-6-11;/h1-3,5-6,12-13,18H,4,7-10H2,(H,20,21);/q;+1/p-1/t12-,13-;/m1./s1. The van der Waals surface area contributed by atoms with Gasteiger partial charge in [-0.25, -0.2) is 4.79 Å². The predicted molar refractivity (Wildman–Crippen MR) is 77.0 cm³/mol. The molecule has 0 saturated carbocycles. The zero-order chi connectivity index (χ0) is 16.8. The number of rotatable bonds is 6. The summed E-state index contributed by atoms with van der Waals surface area (Å²) in [7, 11) is 0. The maximum absolute atomic E-state index is 12.1. The van der Waals surface area contributed by atoms with E-state index < -0.39 is 36.4 Å². The molecule has 0 aromatic heterocycles. The minimum atomic E-state index is -1.83. The Bertz CT molecular complexity index is 579. The molecule has 0 radical (unpaired) electrons. The molecule has 1 aliphatic rings. The van der Waals surface area contributed by atoms with Gasteiger partial charge >= 0.3 is 35.7 Å². The molecule has 1 aromatic rings. The van der Waals surface area contributed by atoms with Crippen LogP contribution in [0.3, 0.4) is 0 Å². The number of hydrogen-bond acceptors (Lipinski definition) is 6. The van der Waals surface area contributed by atoms with Crippen molar-refractivity contribution in [2.75, 3.05) is 6.54 Å². The number of benzene rings is 1. The number of nitrogens with zero attached hydrogens (tertiary/aromatic N) is 1. The first kappa shape index (κ1) is 20.6. The maximum Gasteiger partial charge on any atom is 1.00 e. The van der Waals surface area contributed by atoms with E-state index >= 15 is 0 Å². The van der Waals surface area contributed by atoms with Gasteiger partial charge < -0.3 is 24.6 Å². The Morgan fingerprint density at radius 3 is 2.58 bits per heavy atom.